The van der Waals surface area contributed by atoms with Crippen molar-refractivity contribution in [2.45, 2.75) is 52.5 Å². The number of anilines is 2. The Balaban J connectivity index is 1.82. The molecule has 1 aromatic carbocycles. The van der Waals surface area contributed by atoms with Crippen LogP contribution in [-0.2, 0) is 0 Å². The number of nitrogens with one attached hydrogen (secondary N) is 1. The second kappa shape index (κ2) is 8.38. The van der Waals surface area contributed by atoms with Crippen LogP contribution in [0.3, 0.4) is 0 Å². The predicted molar refractivity (Wildman–Crippen MR) is 118 cm³/mol. The quantitative estimate of drug-likeness (QED) is 0.619. The molecule has 0 bridgehead atoms. The van der Waals surface area contributed by atoms with E-state index in [0.29, 0.717) is 22.5 Å². The van der Waals surface area contributed by atoms with Crippen LogP contribution in [0, 0.1) is 19.7 Å². The summed E-state index contributed by atoms with van der Waals surface area (Å²) < 4.78 is 13.8. The van der Waals surface area contributed by atoms with Gasteiger partial charge in [0.05, 0.1) is 11.3 Å². The molecule has 1 fully saturated rings. The van der Waals surface area contributed by atoms with E-state index in [1.807, 2.05) is 24.0 Å². The lowest BCUT2D eigenvalue weighted by molar-refractivity contribution is 0.0609. The first kappa shape index (κ1) is 20.3. The van der Waals surface area contributed by atoms with Gasteiger partial charge in [-0.1, -0.05) is 6.92 Å². The van der Waals surface area contributed by atoms with Gasteiger partial charge in [0, 0.05) is 35.6 Å². The minimum Gasteiger partial charge on any atom is -0.354 e. The standard InChI is InChI=1S/C24H27FN4O/c1-4-18-7-5-6-12-29(18)24(30)20-14-26-23-19(10-8-16(3)27-23)22(20)28-17-9-11-21(25)15(2)13-17/h8-11,13-14,18H,4-7,12H2,1-3H3,(H,26,27,28)/t18-/m1/s1. The van der Waals surface area contributed by atoms with Crippen molar-refractivity contribution in [2.24, 2.45) is 0 Å². The van der Waals surface area contributed by atoms with Gasteiger partial charge in [-0.05, 0) is 75.4 Å². The van der Waals surface area contributed by atoms with Crippen LogP contribution >= 0.6 is 0 Å². The van der Waals surface area contributed by atoms with Crippen molar-refractivity contribution in [3.05, 3.63) is 59.2 Å². The number of amides is 1. The van der Waals surface area contributed by atoms with Crippen LogP contribution in [0.4, 0.5) is 15.8 Å². The predicted octanol–water partition coefficient (Wildman–Crippen LogP) is 5.53. The smallest absolute Gasteiger partial charge is 0.257 e. The molecule has 4 rings (SSSR count). The third-order valence-electron chi connectivity index (χ3n) is 5.89. The van der Waals surface area contributed by atoms with Crippen LogP contribution in [0.5, 0.6) is 0 Å². The Morgan fingerprint density at radius 1 is 1.23 bits per heavy atom. The fourth-order valence-corrected chi connectivity index (χ4v) is 4.18. The number of rotatable bonds is 4. The minimum atomic E-state index is -0.257. The SMILES string of the molecule is CC[C@@H]1CCCCN1C(=O)c1cnc2nc(C)ccc2c1Nc1ccc(F)c(C)c1. The van der Waals surface area contributed by atoms with Crippen LogP contribution < -0.4 is 5.32 Å². The number of hydrogen-bond acceptors (Lipinski definition) is 4. The van der Waals surface area contributed by atoms with Gasteiger partial charge < -0.3 is 10.2 Å². The first-order valence-corrected chi connectivity index (χ1v) is 10.6. The highest BCUT2D eigenvalue weighted by molar-refractivity contribution is 6.07. The molecular formula is C24H27FN4O. The van der Waals surface area contributed by atoms with Gasteiger partial charge in [0.1, 0.15) is 5.82 Å². The number of benzene rings is 1. The van der Waals surface area contributed by atoms with Crippen molar-refractivity contribution >= 4 is 28.3 Å². The normalized spacial score (nSPS) is 16.7. The summed E-state index contributed by atoms with van der Waals surface area (Å²) in [6.07, 6.45) is 5.76. The number of pyridine rings is 2. The van der Waals surface area contributed by atoms with E-state index in [9.17, 15) is 9.18 Å². The molecule has 2 aromatic heterocycles. The molecule has 156 valence electrons. The van der Waals surface area contributed by atoms with E-state index in [1.54, 1.807) is 25.3 Å². The minimum absolute atomic E-state index is 0.0159. The average molecular weight is 407 g/mol. The van der Waals surface area contributed by atoms with Crippen LogP contribution in [0.15, 0.2) is 36.5 Å². The lowest BCUT2D eigenvalue weighted by atomic mass is 9.98. The number of carbonyl (C=O) groups is 1. The molecule has 1 aliphatic heterocycles. The van der Waals surface area contributed by atoms with E-state index in [1.165, 1.54) is 6.07 Å². The molecule has 1 aliphatic rings. The number of halogens is 1. The van der Waals surface area contributed by atoms with Crippen LogP contribution in [0.1, 0.15) is 54.2 Å². The lowest BCUT2D eigenvalue weighted by Gasteiger charge is -2.35. The van der Waals surface area contributed by atoms with Crippen molar-refractivity contribution in [3.8, 4) is 0 Å². The number of piperidine rings is 1. The second-order valence-corrected chi connectivity index (χ2v) is 8.02. The summed E-state index contributed by atoms with van der Waals surface area (Å²) in [4.78, 5) is 24.6. The third kappa shape index (κ3) is 3.86. The highest BCUT2D eigenvalue weighted by Gasteiger charge is 2.28. The fraction of sp³-hybridized carbons (Fsp3) is 0.375. The molecule has 0 spiro atoms. The first-order valence-electron chi connectivity index (χ1n) is 10.6. The van der Waals surface area contributed by atoms with E-state index in [2.05, 4.69) is 22.2 Å². The molecule has 0 unspecified atom stereocenters. The van der Waals surface area contributed by atoms with Gasteiger partial charge in [0.25, 0.3) is 5.91 Å². The summed E-state index contributed by atoms with van der Waals surface area (Å²) in [6.45, 7) is 6.52. The first-order chi connectivity index (χ1) is 14.5. The fourth-order valence-electron chi connectivity index (χ4n) is 4.18. The molecule has 3 heterocycles. The Labute approximate surface area is 176 Å². The number of likely N-dealkylation sites (tertiary alicyclic amines) is 1. The maximum atomic E-state index is 13.8. The Morgan fingerprint density at radius 3 is 2.83 bits per heavy atom. The molecule has 0 radical (unpaired) electrons. The molecule has 0 saturated carbocycles. The van der Waals surface area contributed by atoms with Crippen LogP contribution in [0.2, 0.25) is 0 Å². The van der Waals surface area contributed by atoms with E-state index in [4.69, 9.17) is 0 Å². The van der Waals surface area contributed by atoms with E-state index >= 15 is 0 Å². The summed E-state index contributed by atoms with van der Waals surface area (Å²) >= 11 is 0. The van der Waals surface area contributed by atoms with E-state index in [0.717, 1.165) is 49.0 Å². The molecule has 6 heteroatoms. The number of fused-ring (bicyclic) bond motifs is 1. The topological polar surface area (TPSA) is 58.1 Å². The highest BCUT2D eigenvalue weighted by Crippen LogP contribution is 2.32. The molecule has 3 aromatic rings. The molecule has 1 amide bonds. The Morgan fingerprint density at radius 2 is 2.07 bits per heavy atom. The number of nitrogens with zero attached hydrogens (tertiary/aromatic N) is 3. The van der Waals surface area contributed by atoms with Crippen LogP contribution in [0.25, 0.3) is 11.0 Å². The number of aromatic nitrogens is 2. The summed E-state index contributed by atoms with van der Waals surface area (Å²) in [5.74, 6) is -0.273. The largest absolute Gasteiger partial charge is 0.354 e. The average Bonchev–Trinajstić information content (AvgIpc) is 2.75. The molecule has 1 N–H and O–H groups in total. The van der Waals surface area contributed by atoms with Crippen molar-refractivity contribution in [3.63, 3.8) is 0 Å². The summed E-state index contributed by atoms with van der Waals surface area (Å²) in [7, 11) is 0. The molecule has 0 aliphatic carbocycles. The van der Waals surface area contributed by atoms with Crippen molar-refractivity contribution in [1.82, 2.24) is 14.9 Å². The Kier molecular flexibility index (Phi) is 5.66. The van der Waals surface area contributed by atoms with Gasteiger partial charge in [-0.2, -0.15) is 0 Å². The van der Waals surface area contributed by atoms with Crippen molar-refractivity contribution in [1.29, 1.82) is 0 Å². The summed E-state index contributed by atoms with van der Waals surface area (Å²) in [5, 5.41) is 4.14. The van der Waals surface area contributed by atoms with Crippen LogP contribution in [-0.4, -0.2) is 33.4 Å². The molecule has 30 heavy (non-hydrogen) atoms. The number of aryl methyl sites for hydroxylation is 2. The Hall–Kier alpha value is -3.02. The zero-order valence-corrected chi connectivity index (χ0v) is 17.7. The molecular weight excluding hydrogens is 379 g/mol. The maximum absolute atomic E-state index is 13.8. The molecule has 1 saturated heterocycles. The van der Waals surface area contributed by atoms with Gasteiger partial charge in [0.2, 0.25) is 0 Å². The monoisotopic (exact) mass is 406 g/mol. The van der Waals surface area contributed by atoms with E-state index < -0.39 is 0 Å². The lowest BCUT2D eigenvalue weighted by Crippen LogP contribution is -2.43. The van der Waals surface area contributed by atoms with Gasteiger partial charge in [-0.25, -0.2) is 14.4 Å². The van der Waals surface area contributed by atoms with Crippen molar-refractivity contribution in [2.75, 3.05) is 11.9 Å². The van der Waals surface area contributed by atoms with Gasteiger partial charge in [0.15, 0.2) is 5.65 Å². The summed E-state index contributed by atoms with van der Waals surface area (Å²) in [5.41, 5.74) is 3.90. The summed E-state index contributed by atoms with van der Waals surface area (Å²) in [6, 6.07) is 8.96. The Bertz CT molecular complexity index is 1100. The highest BCUT2D eigenvalue weighted by atomic mass is 19.1. The van der Waals surface area contributed by atoms with Gasteiger partial charge in [-0.15, -0.1) is 0 Å². The maximum Gasteiger partial charge on any atom is 0.257 e. The second-order valence-electron chi connectivity index (χ2n) is 8.02. The van der Waals surface area contributed by atoms with Crippen molar-refractivity contribution < 1.29 is 9.18 Å². The third-order valence-corrected chi connectivity index (χ3v) is 5.89. The number of carbonyl (C=O) groups excluding carboxylic acids is 1. The number of hydrogen-bond donors (Lipinski definition) is 1. The van der Waals surface area contributed by atoms with Gasteiger partial charge >= 0.3 is 0 Å². The molecule has 1 atom stereocenters. The zero-order valence-electron chi connectivity index (χ0n) is 17.7. The van der Waals surface area contributed by atoms with E-state index in [-0.39, 0.29) is 17.8 Å². The van der Waals surface area contributed by atoms with Gasteiger partial charge in [-0.3, -0.25) is 4.79 Å². The zero-order chi connectivity index (χ0) is 21.3. The molecule has 5 nitrogen and oxygen atoms in total.